The van der Waals surface area contributed by atoms with Gasteiger partial charge in [-0.1, -0.05) is 25.9 Å². The van der Waals surface area contributed by atoms with E-state index in [-0.39, 0.29) is 11.5 Å². The summed E-state index contributed by atoms with van der Waals surface area (Å²) in [5.41, 5.74) is 5.35. The fraction of sp³-hybridized carbons (Fsp3) is 0.800. The fourth-order valence-corrected chi connectivity index (χ4v) is 1.45. The van der Waals surface area contributed by atoms with Gasteiger partial charge < -0.3 is 15.0 Å². The Kier molecular flexibility index (Phi) is 3.82. The normalized spacial score (nSPS) is 14.2. The fourth-order valence-electron chi connectivity index (χ4n) is 1.45. The van der Waals surface area contributed by atoms with Gasteiger partial charge in [0.25, 0.3) is 0 Å². The third kappa shape index (κ3) is 3.00. The molecule has 0 aliphatic heterocycles. The Morgan fingerprint density at radius 3 is 2.60 bits per heavy atom. The van der Waals surface area contributed by atoms with E-state index in [1.165, 1.54) is 0 Å². The van der Waals surface area contributed by atoms with Crippen molar-refractivity contribution in [2.75, 3.05) is 13.7 Å². The second-order valence-corrected chi connectivity index (χ2v) is 4.57. The summed E-state index contributed by atoms with van der Waals surface area (Å²) in [6, 6.07) is 0. The molecule has 1 rings (SSSR count). The number of ether oxygens (including phenoxy) is 1. The second kappa shape index (κ2) is 4.72. The molecule has 0 radical (unpaired) electrons. The summed E-state index contributed by atoms with van der Waals surface area (Å²) in [4.78, 5) is 4.25. The highest BCUT2D eigenvalue weighted by molar-refractivity contribution is 4.96. The molecule has 2 N–H and O–H groups in total. The summed E-state index contributed by atoms with van der Waals surface area (Å²) in [6.45, 7) is 6.72. The number of aromatic nitrogens is 2. The van der Waals surface area contributed by atoms with Gasteiger partial charge in [0.1, 0.15) is 6.10 Å². The van der Waals surface area contributed by atoms with Crippen molar-refractivity contribution in [3.63, 3.8) is 0 Å². The maximum absolute atomic E-state index is 5.41. The second-order valence-electron chi connectivity index (χ2n) is 4.57. The number of methoxy groups -OCH3 is 1. The van der Waals surface area contributed by atoms with E-state index in [4.69, 9.17) is 15.0 Å². The molecule has 1 heterocycles. The Morgan fingerprint density at radius 2 is 2.13 bits per heavy atom. The van der Waals surface area contributed by atoms with Crippen molar-refractivity contribution in [3.8, 4) is 0 Å². The van der Waals surface area contributed by atoms with E-state index in [0.29, 0.717) is 24.7 Å². The molecule has 1 aromatic rings. The van der Waals surface area contributed by atoms with Crippen LogP contribution in [0.15, 0.2) is 4.52 Å². The molecule has 0 saturated carbocycles. The molecular weight excluding hydrogens is 194 g/mol. The largest absolute Gasteiger partial charge is 0.373 e. The first-order valence-electron chi connectivity index (χ1n) is 5.04. The minimum Gasteiger partial charge on any atom is -0.373 e. The van der Waals surface area contributed by atoms with Gasteiger partial charge in [0.05, 0.1) is 0 Å². The molecule has 0 saturated heterocycles. The summed E-state index contributed by atoms with van der Waals surface area (Å²) in [5, 5.41) is 3.91. The van der Waals surface area contributed by atoms with Crippen LogP contribution in [0.1, 0.15) is 38.6 Å². The summed E-state index contributed by atoms with van der Waals surface area (Å²) < 4.78 is 10.4. The maximum Gasteiger partial charge on any atom is 0.228 e. The highest BCUT2D eigenvalue weighted by Gasteiger charge is 2.30. The molecule has 0 aromatic carbocycles. The van der Waals surface area contributed by atoms with Crippen molar-refractivity contribution in [1.29, 1.82) is 0 Å². The summed E-state index contributed by atoms with van der Waals surface area (Å²) >= 11 is 0. The molecule has 1 unspecified atom stereocenters. The Balaban J connectivity index is 2.83. The van der Waals surface area contributed by atoms with Crippen LogP contribution in [0.3, 0.4) is 0 Å². The molecule has 0 bridgehead atoms. The van der Waals surface area contributed by atoms with Crippen LogP contribution in [-0.4, -0.2) is 23.8 Å². The third-order valence-corrected chi connectivity index (χ3v) is 2.10. The zero-order valence-corrected chi connectivity index (χ0v) is 9.78. The molecule has 1 aromatic heterocycles. The predicted molar refractivity (Wildman–Crippen MR) is 56.3 cm³/mol. The van der Waals surface area contributed by atoms with E-state index in [1.807, 2.05) is 0 Å². The topological polar surface area (TPSA) is 74.2 Å². The van der Waals surface area contributed by atoms with Crippen LogP contribution in [0.25, 0.3) is 0 Å². The summed E-state index contributed by atoms with van der Waals surface area (Å²) in [5.74, 6) is 1.16. The van der Waals surface area contributed by atoms with Gasteiger partial charge in [-0.2, -0.15) is 4.98 Å². The smallest absolute Gasteiger partial charge is 0.228 e. The van der Waals surface area contributed by atoms with E-state index in [9.17, 15) is 0 Å². The maximum atomic E-state index is 5.41. The van der Waals surface area contributed by atoms with Crippen molar-refractivity contribution in [1.82, 2.24) is 10.1 Å². The molecular formula is C10H19N3O2. The average molecular weight is 213 g/mol. The third-order valence-electron chi connectivity index (χ3n) is 2.10. The van der Waals surface area contributed by atoms with Gasteiger partial charge in [0, 0.05) is 20.1 Å². The van der Waals surface area contributed by atoms with Crippen LogP contribution < -0.4 is 5.73 Å². The lowest BCUT2D eigenvalue weighted by Gasteiger charge is -2.26. The van der Waals surface area contributed by atoms with Gasteiger partial charge in [-0.3, -0.25) is 0 Å². The van der Waals surface area contributed by atoms with Gasteiger partial charge in [-0.25, -0.2) is 0 Å². The Bertz CT molecular complexity index is 304. The number of hydrogen-bond donors (Lipinski definition) is 1. The van der Waals surface area contributed by atoms with Crippen molar-refractivity contribution in [2.45, 2.75) is 33.3 Å². The molecule has 5 nitrogen and oxygen atoms in total. The Hall–Kier alpha value is -0.940. The number of nitrogens with two attached hydrogens (primary N) is 1. The van der Waals surface area contributed by atoms with Crippen LogP contribution in [0.2, 0.25) is 0 Å². The molecule has 0 fully saturated rings. The average Bonchev–Trinajstić information content (AvgIpc) is 2.52. The van der Waals surface area contributed by atoms with Crippen LogP contribution in [0.5, 0.6) is 0 Å². The zero-order chi connectivity index (χ0) is 11.5. The lowest BCUT2D eigenvalue weighted by molar-refractivity contribution is 0.00718. The lowest BCUT2D eigenvalue weighted by Crippen LogP contribution is -2.21. The molecule has 15 heavy (non-hydrogen) atoms. The lowest BCUT2D eigenvalue weighted by atomic mass is 9.88. The van der Waals surface area contributed by atoms with E-state index < -0.39 is 0 Å². The molecule has 86 valence electrons. The summed E-state index contributed by atoms with van der Waals surface area (Å²) in [6.07, 6.45) is 0.445. The number of hydrogen-bond acceptors (Lipinski definition) is 5. The van der Waals surface area contributed by atoms with Gasteiger partial charge >= 0.3 is 0 Å². The van der Waals surface area contributed by atoms with Crippen LogP contribution >= 0.6 is 0 Å². The van der Waals surface area contributed by atoms with Gasteiger partial charge in [0.2, 0.25) is 11.7 Å². The Labute approximate surface area is 90.0 Å². The molecule has 0 aliphatic rings. The van der Waals surface area contributed by atoms with E-state index in [1.54, 1.807) is 7.11 Å². The Morgan fingerprint density at radius 1 is 1.47 bits per heavy atom. The van der Waals surface area contributed by atoms with Crippen molar-refractivity contribution >= 4 is 0 Å². The molecule has 1 atom stereocenters. The van der Waals surface area contributed by atoms with Crippen molar-refractivity contribution in [3.05, 3.63) is 11.7 Å². The SMILES string of the molecule is COC(c1noc(CCN)n1)C(C)(C)C. The molecule has 0 amide bonds. The van der Waals surface area contributed by atoms with E-state index in [2.05, 4.69) is 30.9 Å². The van der Waals surface area contributed by atoms with Gasteiger partial charge in [-0.05, 0) is 5.41 Å². The van der Waals surface area contributed by atoms with E-state index in [0.717, 1.165) is 0 Å². The van der Waals surface area contributed by atoms with Gasteiger partial charge in [0.15, 0.2) is 0 Å². The summed E-state index contributed by atoms with van der Waals surface area (Å²) in [7, 11) is 1.65. The van der Waals surface area contributed by atoms with Crippen molar-refractivity contribution in [2.24, 2.45) is 11.1 Å². The van der Waals surface area contributed by atoms with Gasteiger partial charge in [-0.15, -0.1) is 0 Å². The van der Waals surface area contributed by atoms with Crippen LogP contribution in [-0.2, 0) is 11.2 Å². The first kappa shape index (κ1) is 12.1. The van der Waals surface area contributed by atoms with E-state index >= 15 is 0 Å². The number of nitrogens with zero attached hydrogens (tertiary/aromatic N) is 2. The molecule has 0 spiro atoms. The standard InChI is InChI=1S/C10H19N3O2/c1-10(2,3)8(14-4)9-12-7(5-6-11)15-13-9/h8H,5-6,11H2,1-4H3. The highest BCUT2D eigenvalue weighted by Crippen LogP contribution is 2.33. The zero-order valence-electron chi connectivity index (χ0n) is 9.78. The highest BCUT2D eigenvalue weighted by atomic mass is 16.5. The minimum absolute atomic E-state index is 0.0569. The van der Waals surface area contributed by atoms with Crippen molar-refractivity contribution < 1.29 is 9.26 Å². The molecule has 5 heteroatoms. The first-order chi connectivity index (χ1) is 6.99. The molecule has 0 aliphatic carbocycles. The quantitative estimate of drug-likeness (QED) is 0.816. The minimum atomic E-state index is -0.159. The monoisotopic (exact) mass is 213 g/mol. The predicted octanol–water partition coefficient (Wildman–Crippen LogP) is 1.30. The van der Waals surface area contributed by atoms with Crippen LogP contribution in [0.4, 0.5) is 0 Å². The number of rotatable bonds is 4. The first-order valence-corrected chi connectivity index (χ1v) is 5.04. The van der Waals surface area contributed by atoms with Crippen LogP contribution in [0, 0.1) is 5.41 Å².